The highest BCUT2D eigenvalue weighted by atomic mass is 32.2. The molecule has 0 aliphatic heterocycles. The first-order valence-electron chi connectivity index (χ1n) is 5.47. The van der Waals surface area contributed by atoms with Gasteiger partial charge in [0.05, 0.1) is 0 Å². The van der Waals surface area contributed by atoms with Crippen molar-refractivity contribution in [1.82, 2.24) is 10.3 Å². The molecule has 1 rings (SSSR count). The van der Waals surface area contributed by atoms with Crippen LogP contribution in [0.4, 0.5) is 0 Å². The standard InChI is InChI=1S/C12H20N2S/c1-5-9(2)15-12-11(10(3)13-4)7-6-8-14-12/h6-10,13H,5H2,1-4H3. The normalized spacial score (nSPS) is 14.9. The molecule has 2 unspecified atom stereocenters. The molecule has 2 nitrogen and oxygen atoms in total. The predicted molar refractivity (Wildman–Crippen MR) is 67.3 cm³/mol. The Morgan fingerprint density at radius 3 is 2.80 bits per heavy atom. The van der Waals surface area contributed by atoms with Gasteiger partial charge in [-0.2, -0.15) is 0 Å². The highest BCUT2D eigenvalue weighted by molar-refractivity contribution is 7.99. The van der Waals surface area contributed by atoms with E-state index in [0.29, 0.717) is 11.3 Å². The van der Waals surface area contributed by atoms with Gasteiger partial charge in [-0.3, -0.25) is 0 Å². The molecule has 0 bridgehead atoms. The first-order chi connectivity index (χ1) is 7.19. The van der Waals surface area contributed by atoms with Gasteiger partial charge in [-0.15, -0.1) is 11.8 Å². The number of aromatic nitrogens is 1. The predicted octanol–water partition coefficient (Wildman–Crippen LogP) is 3.25. The zero-order valence-electron chi connectivity index (χ0n) is 9.95. The lowest BCUT2D eigenvalue weighted by atomic mass is 10.1. The van der Waals surface area contributed by atoms with Crippen LogP contribution in [0.1, 0.15) is 38.8 Å². The summed E-state index contributed by atoms with van der Waals surface area (Å²) in [5, 5.41) is 5.05. The Hall–Kier alpha value is -0.540. The topological polar surface area (TPSA) is 24.9 Å². The van der Waals surface area contributed by atoms with Gasteiger partial charge in [0.2, 0.25) is 0 Å². The lowest BCUT2D eigenvalue weighted by molar-refractivity contribution is 0.634. The molecule has 0 amide bonds. The number of rotatable bonds is 5. The summed E-state index contributed by atoms with van der Waals surface area (Å²) in [7, 11) is 1.98. The van der Waals surface area contributed by atoms with Crippen LogP contribution in [0.25, 0.3) is 0 Å². The average molecular weight is 224 g/mol. The molecule has 0 aromatic carbocycles. The van der Waals surface area contributed by atoms with Crippen LogP contribution >= 0.6 is 11.8 Å². The average Bonchev–Trinajstić information content (AvgIpc) is 2.28. The second kappa shape index (κ2) is 6.13. The van der Waals surface area contributed by atoms with E-state index in [2.05, 4.69) is 37.1 Å². The molecule has 15 heavy (non-hydrogen) atoms. The van der Waals surface area contributed by atoms with Gasteiger partial charge in [0, 0.05) is 23.1 Å². The molecule has 0 aliphatic carbocycles. The molecule has 0 fully saturated rings. The molecule has 0 spiro atoms. The summed E-state index contributed by atoms with van der Waals surface area (Å²) in [4.78, 5) is 4.46. The quantitative estimate of drug-likeness (QED) is 0.777. The molecule has 1 heterocycles. The van der Waals surface area contributed by atoms with Gasteiger partial charge in [-0.05, 0) is 26.5 Å². The summed E-state index contributed by atoms with van der Waals surface area (Å²) in [5.41, 5.74) is 1.30. The first-order valence-corrected chi connectivity index (χ1v) is 6.35. The molecule has 2 atom stereocenters. The molecule has 0 saturated heterocycles. The zero-order chi connectivity index (χ0) is 11.3. The van der Waals surface area contributed by atoms with E-state index in [9.17, 15) is 0 Å². The maximum atomic E-state index is 4.46. The third-order valence-electron chi connectivity index (χ3n) is 2.59. The van der Waals surface area contributed by atoms with E-state index in [1.54, 1.807) is 0 Å². The minimum Gasteiger partial charge on any atom is -0.313 e. The fourth-order valence-electron chi connectivity index (χ4n) is 1.26. The SMILES string of the molecule is CCC(C)Sc1ncccc1C(C)NC. The van der Waals surface area contributed by atoms with Crippen molar-refractivity contribution in [1.29, 1.82) is 0 Å². The van der Waals surface area contributed by atoms with Crippen molar-refractivity contribution in [2.45, 2.75) is 43.5 Å². The van der Waals surface area contributed by atoms with Crippen molar-refractivity contribution in [3.63, 3.8) is 0 Å². The van der Waals surface area contributed by atoms with E-state index in [1.807, 2.05) is 31.1 Å². The van der Waals surface area contributed by atoms with Gasteiger partial charge in [0.15, 0.2) is 0 Å². The molecule has 0 radical (unpaired) electrons. The molecule has 1 aromatic heterocycles. The zero-order valence-corrected chi connectivity index (χ0v) is 10.8. The Balaban J connectivity index is 2.86. The van der Waals surface area contributed by atoms with E-state index in [-0.39, 0.29) is 0 Å². The van der Waals surface area contributed by atoms with Crippen molar-refractivity contribution in [2.75, 3.05) is 7.05 Å². The van der Waals surface area contributed by atoms with E-state index in [4.69, 9.17) is 0 Å². The van der Waals surface area contributed by atoms with Crippen LogP contribution < -0.4 is 5.32 Å². The van der Waals surface area contributed by atoms with Crippen molar-refractivity contribution < 1.29 is 0 Å². The van der Waals surface area contributed by atoms with Crippen LogP contribution in [0.15, 0.2) is 23.4 Å². The fourth-order valence-corrected chi connectivity index (χ4v) is 2.31. The molecule has 0 aliphatic rings. The number of pyridine rings is 1. The second-order valence-electron chi connectivity index (χ2n) is 3.74. The summed E-state index contributed by atoms with van der Waals surface area (Å²) < 4.78 is 0. The largest absolute Gasteiger partial charge is 0.313 e. The molecular weight excluding hydrogens is 204 g/mol. The first kappa shape index (κ1) is 12.5. The lowest BCUT2D eigenvalue weighted by Crippen LogP contribution is -2.14. The summed E-state index contributed by atoms with van der Waals surface area (Å²) in [6.07, 6.45) is 3.05. The van der Waals surface area contributed by atoms with E-state index in [0.717, 1.165) is 5.03 Å². The number of nitrogens with zero attached hydrogens (tertiary/aromatic N) is 1. The minimum atomic E-state index is 0.366. The van der Waals surface area contributed by atoms with Crippen LogP contribution in [0.5, 0.6) is 0 Å². The maximum absolute atomic E-state index is 4.46. The van der Waals surface area contributed by atoms with Gasteiger partial charge in [0.1, 0.15) is 5.03 Å². The van der Waals surface area contributed by atoms with Crippen LogP contribution in [-0.2, 0) is 0 Å². The van der Waals surface area contributed by atoms with E-state index >= 15 is 0 Å². The highest BCUT2D eigenvalue weighted by Gasteiger charge is 2.12. The number of nitrogens with one attached hydrogen (secondary N) is 1. The highest BCUT2D eigenvalue weighted by Crippen LogP contribution is 2.29. The number of hydrogen-bond donors (Lipinski definition) is 1. The van der Waals surface area contributed by atoms with Crippen LogP contribution in [-0.4, -0.2) is 17.3 Å². The van der Waals surface area contributed by atoms with E-state index < -0.39 is 0 Å². The van der Waals surface area contributed by atoms with Gasteiger partial charge in [-0.25, -0.2) is 4.98 Å². The van der Waals surface area contributed by atoms with Gasteiger partial charge < -0.3 is 5.32 Å². The van der Waals surface area contributed by atoms with Crippen LogP contribution in [0.3, 0.4) is 0 Å². The third kappa shape index (κ3) is 3.50. The Bertz CT molecular complexity index is 301. The monoisotopic (exact) mass is 224 g/mol. The Morgan fingerprint density at radius 2 is 2.20 bits per heavy atom. The number of thioether (sulfide) groups is 1. The smallest absolute Gasteiger partial charge is 0.101 e. The molecule has 0 saturated carbocycles. The van der Waals surface area contributed by atoms with Crippen LogP contribution in [0.2, 0.25) is 0 Å². The van der Waals surface area contributed by atoms with Gasteiger partial charge in [0.25, 0.3) is 0 Å². The van der Waals surface area contributed by atoms with Crippen LogP contribution in [0, 0.1) is 0 Å². The third-order valence-corrected chi connectivity index (χ3v) is 3.89. The Kier molecular flexibility index (Phi) is 5.12. The van der Waals surface area contributed by atoms with Crippen molar-refractivity contribution in [3.05, 3.63) is 23.9 Å². The summed E-state index contributed by atoms with van der Waals surface area (Å²) in [5.74, 6) is 0. The lowest BCUT2D eigenvalue weighted by Gasteiger charge is -2.16. The summed E-state index contributed by atoms with van der Waals surface area (Å²) in [6.45, 7) is 6.62. The molecule has 3 heteroatoms. The van der Waals surface area contributed by atoms with Crippen molar-refractivity contribution in [2.24, 2.45) is 0 Å². The molecule has 1 N–H and O–H groups in total. The molecule has 1 aromatic rings. The summed E-state index contributed by atoms with van der Waals surface area (Å²) >= 11 is 1.86. The van der Waals surface area contributed by atoms with E-state index in [1.165, 1.54) is 12.0 Å². The Morgan fingerprint density at radius 1 is 1.47 bits per heavy atom. The van der Waals surface area contributed by atoms with Gasteiger partial charge >= 0.3 is 0 Å². The fraction of sp³-hybridized carbons (Fsp3) is 0.583. The molecular formula is C12H20N2S. The minimum absolute atomic E-state index is 0.366. The van der Waals surface area contributed by atoms with Gasteiger partial charge in [-0.1, -0.05) is 19.9 Å². The Labute approximate surface area is 96.9 Å². The number of hydrogen-bond acceptors (Lipinski definition) is 3. The second-order valence-corrected chi connectivity index (χ2v) is 5.17. The summed E-state index contributed by atoms with van der Waals surface area (Å²) in [6, 6.07) is 4.52. The van der Waals surface area contributed by atoms with Crippen molar-refractivity contribution in [3.8, 4) is 0 Å². The maximum Gasteiger partial charge on any atom is 0.101 e. The van der Waals surface area contributed by atoms with Crippen molar-refractivity contribution >= 4 is 11.8 Å². The molecule has 84 valence electrons.